The summed E-state index contributed by atoms with van der Waals surface area (Å²) in [5.41, 5.74) is 0.658. The molecular formula is C22H16N2O5S2. The van der Waals surface area contributed by atoms with E-state index in [4.69, 9.17) is 4.18 Å². The molecule has 3 aromatic rings. The van der Waals surface area contributed by atoms with Crippen molar-refractivity contribution in [2.24, 2.45) is 4.99 Å². The lowest BCUT2D eigenvalue weighted by Crippen LogP contribution is -2.23. The average molecular weight is 453 g/mol. The van der Waals surface area contributed by atoms with Crippen LogP contribution in [0.5, 0.6) is 5.75 Å². The van der Waals surface area contributed by atoms with E-state index in [1.54, 1.807) is 30.3 Å². The molecule has 0 atom stereocenters. The summed E-state index contributed by atoms with van der Waals surface area (Å²) in [5, 5.41) is 4.44. The standard InChI is InChI=1S/C22H16N2O5S2/c1-14(25)23-22-24-21(26)20(30-22)12-15-6-9-18(10-7-15)29-31(27,28)19-11-8-16-4-2-3-5-17(16)13-19/h2-13H,1H3,(H,23,24,25,26)/b20-12-. The van der Waals surface area contributed by atoms with Crippen molar-refractivity contribution in [2.75, 3.05) is 0 Å². The van der Waals surface area contributed by atoms with Crippen LogP contribution in [0.2, 0.25) is 0 Å². The molecule has 0 unspecified atom stereocenters. The number of hydrogen-bond acceptors (Lipinski definition) is 6. The molecule has 2 amide bonds. The Morgan fingerprint density at radius 2 is 1.74 bits per heavy atom. The van der Waals surface area contributed by atoms with Gasteiger partial charge in [0.25, 0.3) is 5.91 Å². The fourth-order valence-corrected chi connectivity index (χ4v) is 4.71. The lowest BCUT2D eigenvalue weighted by molar-refractivity contribution is -0.117. The van der Waals surface area contributed by atoms with Crippen LogP contribution in [0.25, 0.3) is 16.8 Å². The van der Waals surface area contributed by atoms with Gasteiger partial charge in [0.1, 0.15) is 10.6 Å². The number of nitrogens with zero attached hydrogens (tertiary/aromatic N) is 1. The molecule has 1 N–H and O–H groups in total. The summed E-state index contributed by atoms with van der Waals surface area (Å²) < 4.78 is 30.5. The molecule has 0 bridgehead atoms. The minimum atomic E-state index is -4.00. The predicted molar refractivity (Wildman–Crippen MR) is 120 cm³/mol. The number of fused-ring (bicyclic) bond motifs is 1. The van der Waals surface area contributed by atoms with Gasteiger partial charge < -0.3 is 9.50 Å². The molecule has 1 aliphatic heterocycles. The van der Waals surface area contributed by atoms with Gasteiger partial charge in [-0.3, -0.25) is 9.59 Å². The quantitative estimate of drug-likeness (QED) is 0.478. The normalized spacial score (nSPS) is 15.2. The summed E-state index contributed by atoms with van der Waals surface area (Å²) in [6.07, 6.45) is 1.60. The summed E-state index contributed by atoms with van der Waals surface area (Å²) in [5.74, 6) is -0.613. The Morgan fingerprint density at radius 3 is 2.45 bits per heavy atom. The molecule has 1 heterocycles. The highest BCUT2D eigenvalue weighted by molar-refractivity contribution is 8.18. The number of rotatable bonds is 4. The molecule has 7 nitrogen and oxygen atoms in total. The highest BCUT2D eigenvalue weighted by atomic mass is 32.2. The Labute approximate surface area is 183 Å². The van der Waals surface area contributed by atoms with Gasteiger partial charge in [-0.05, 0) is 58.4 Å². The zero-order valence-electron chi connectivity index (χ0n) is 16.2. The highest BCUT2D eigenvalue weighted by Gasteiger charge is 2.22. The van der Waals surface area contributed by atoms with Crippen molar-refractivity contribution in [1.29, 1.82) is 0 Å². The summed E-state index contributed by atoms with van der Waals surface area (Å²) >= 11 is 1.06. The Hall–Kier alpha value is -3.43. The van der Waals surface area contributed by atoms with Crippen LogP contribution < -0.4 is 9.50 Å². The number of amidine groups is 1. The third-order valence-electron chi connectivity index (χ3n) is 4.30. The smallest absolute Gasteiger partial charge is 0.339 e. The molecule has 0 aromatic heterocycles. The average Bonchev–Trinajstić information content (AvgIpc) is 3.06. The molecule has 0 fully saturated rings. The van der Waals surface area contributed by atoms with Crippen molar-refractivity contribution < 1.29 is 22.2 Å². The number of nitrogens with one attached hydrogen (secondary N) is 1. The number of aliphatic imine (C=N–C) groups is 1. The molecule has 156 valence electrons. The number of carbonyl (C=O) groups is 2. The minimum Gasteiger partial charge on any atom is -0.379 e. The lowest BCUT2D eigenvalue weighted by atomic mass is 10.1. The first-order valence-corrected chi connectivity index (χ1v) is 11.4. The topological polar surface area (TPSA) is 102 Å². The van der Waals surface area contributed by atoms with Crippen LogP contribution in [0.4, 0.5) is 0 Å². The number of carbonyl (C=O) groups excluding carboxylic acids is 2. The monoisotopic (exact) mass is 452 g/mol. The van der Waals surface area contributed by atoms with E-state index in [-0.39, 0.29) is 21.7 Å². The Kier molecular flexibility index (Phi) is 5.62. The zero-order valence-corrected chi connectivity index (χ0v) is 17.9. The van der Waals surface area contributed by atoms with Crippen LogP contribution in [0.3, 0.4) is 0 Å². The van der Waals surface area contributed by atoms with Crippen molar-refractivity contribution in [2.45, 2.75) is 11.8 Å². The van der Waals surface area contributed by atoms with Gasteiger partial charge in [-0.2, -0.15) is 13.4 Å². The number of hydrogen-bond donors (Lipinski definition) is 1. The van der Waals surface area contributed by atoms with E-state index in [1.165, 1.54) is 25.1 Å². The van der Waals surface area contributed by atoms with Crippen LogP contribution >= 0.6 is 11.8 Å². The summed E-state index contributed by atoms with van der Waals surface area (Å²) in [7, 11) is -4.00. The third-order valence-corrected chi connectivity index (χ3v) is 6.44. The maximum Gasteiger partial charge on any atom is 0.339 e. The minimum absolute atomic E-state index is 0.0630. The SMILES string of the molecule is CC(=O)NC1=NC(=O)/C(=C/c2ccc(OS(=O)(=O)c3ccc4ccccc4c3)cc2)S1. The first-order chi connectivity index (χ1) is 14.8. The lowest BCUT2D eigenvalue weighted by Gasteiger charge is -2.08. The van der Waals surface area contributed by atoms with E-state index in [2.05, 4.69) is 10.3 Å². The third kappa shape index (κ3) is 4.84. The summed E-state index contributed by atoms with van der Waals surface area (Å²) in [4.78, 5) is 27.2. The van der Waals surface area contributed by atoms with Crippen molar-refractivity contribution in [3.63, 3.8) is 0 Å². The number of amides is 2. The van der Waals surface area contributed by atoms with Crippen LogP contribution in [0.1, 0.15) is 12.5 Å². The van der Waals surface area contributed by atoms with E-state index < -0.39 is 16.0 Å². The van der Waals surface area contributed by atoms with Crippen molar-refractivity contribution in [3.8, 4) is 5.75 Å². The molecular weight excluding hydrogens is 436 g/mol. The number of benzene rings is 3. The number of thioether (sulfide) groups is 1. The first-order valence-electron chi connectivity index (χ1n) is 9.14. The highest BCUT2D eigenvalue weighted by Crippen LogP contribution is 2.28. The molecule has 0 radical (unpaired) electrons. The van der Waals surface area contributed by atoms with E-state index in [9.17, 15) is 18.0 Å². The Morgan fingerprint density at radius 1 is 1.03 bits per heavy atom. The van der Waals surface area contributed by atoms with Gasteiger partial charge in [0.05, 0.1) is 4.91 Å². The van der Waals surface area contributed by atoms with E-state index in [1.807, 2.05) is 24.3 Å². The van der Waals surface area contributed by atoms with Gasteiger partial charge >= 0.3 is 10.1 Å². The van der Waals surface area contributed by atoms with E-state index in [0.29, 0.717) is 10.5 Å². The van der Waals surface area contributed by atoms with Gasteiger partial charge in [0.2, 0.25) is 5.91 Å². The van der Waals surface area contributed by atoms with Crippen molar-refractivity contribution in [3.05, 3.63) is 77.2 Å². The molecule has 0 saturated carbocycles. The molecule has 0 aliphatic carbocycles. The van der Waals surface area contributed by atoms with Gasteiger partial charge in [0, 0.05) is 6.92 Å². The van der Waals surface area contributed by atoms with Crippen LogP contribution in [0.15, 0.2) is 81.5 Å². The molecule has 31 heavy (non-hydrogen) atoms. The molecule has 9 heteroatoms. The van der Waals surface area contributed by atoms with Gasteiger partial charge in [-0.15, -0.1) is 0 Å². The van der Waals surface area contributed by atoms with Crippen LogP contribution in [-0.2, 0) is 19.7 Å². The Bertz CT molecular complexity index is 1360. The van der Waals surface area contributed by atoms with Gasteiger partial charge in [-0.25, -0.2) is 0 Å². The molecule has 1 aliphatic rings. The molecule has 0 saturated heterocycles. The van der Waals surface area contributed by atoms with Gasteiger partial charge in [-0.1, -0.05) is 42.5 Å². The summed E-state index contributed by atoms with van der Waals surface area (Å²) in [6.45, 7) is 1.33. The van der Waals surface area contributed by atoms with Crippen molar-refractivity contribution in [1.82, 2.24) is 5.32 Å². The second-order valence-electron chi connectivity index (χ2n) is 6.63. The van der Waals surface area contributed by atoms with Crippen molar-refractivity contribution >= 4 is 55.7 Å². The second kappa shape index (κ2) is 8.37. The fourth-order valence-electron chi connectivity index (χ4n) is 2.88. The first kappa shape index (κ1) is 20.8. The van der Waals surface area contributed by atoms with E-state index >= 15 is 0 Å². The largest absolute Gasteiger partial charge is 0.379 e. The van der Waals surface area contributed by atoms with Crippen LogP contribution in [-0.4, -0.2) is 25.4 Å². The van der Waals surface area contributed by atoms with E-state index in [0.717, 1.165) is 22.5 Å². The fraction of sp³-hybridized carbons (Fsp3) is 0.0455. The second-order valence-corrected chi connectivity index (χ2v) is 9.21. The van der Waals surface area contributed by atoms with Gasteiger partial charge in [0.15, 0.2) is 5.17 Å². The maximum atomic E-state index is 12.6. The zero-order chi connectivity index (χ0) is 22.0. The maximum absolute atomic E-state index is 12.6. The molecule has 3 aromatic carbocycles. The van der Waals surface area contributed by atoms with Crippen LogP contribution in [0, 0.1) is 0 Å². The summed E-state index contributed by atoms with van der Waals surface area (Å²) in [6, 6.07) is 18.5. The predicted octanol–water partition coefficient (Wildman–Crippen LogP) is 3.71. The molecule has 0 spiro atoms. The molecule has 4 rings (SSSR count). The Balaban J connectivity index is 1.49.